The summed E-state index contributed by atoms with van der Waals surface area (Å²) in [5.74, 6) is -1.08. The molecule has 0 amide bonds. The highest BCUT2D eigenvalue weighted by Gasteiger charge is 2.15. The number of carboxylic acid groups (broad SMARTS) is 1. The Morgan fingerprint density at radius 2 is 2.00 bits per heavy atom. The van der Waals surface area contributed by atoms with E-state index in [2.05, 4.69) is 27.7 Å². The second-order valence-corrected chi connectivity index (χ2v) is 4.95. The third-order valence-electron chi connectivity index (χ3n) is 2.46. The highest BCUT2D eigenvalue weighted by atomic mass is 127. The first-order valence-corrected chi connectivity index (χ1v) is 6.38. The largest absolute Gasteiger partial charge is 0.476 e. The van der Waals surface area contributed by atoms with Crippen LogP contribution < -0.4 is 0 Å². The summed E-state index contributed by atoms with van der Waals surface area (Å²) >= 11 is 2.19. The minimum Gasteiger partial charge on any atom is -0.476 e. The molecule has 1 heterocycles. The molecule has 2 aromatic rings. The summed E-state index contributed by atoms with van der Waals surface area (Å²) in [6, 6.07) is 7.57. The summed E-state index contributed by atoms with van der Waals surface area (Å²) < 4.78 is 2.61. The summed E-state index contributed by atoms with van der Waals surface area (Å²) in [5, 5.41) is 22.0. The molecule has 18 heavy (non-hydrogen) atoms. The van der Waals surface area contributed by atoms with Gasteiger partial charge in [-0.05, 0) is 53.3 Å². The molecule has 0 saturated heterocycles. The van der Waals surface area contributed by atoms with Gasteiger partial charge in [-0.1, -0.05) is 0 Å². The van der Waals surface area contributed by atoms with E-state index >= 15 is 0 Å². The van der Waals surface area contributed by atoms with Crippen LogP contribution in [-0.4, -0.2) is 32.6 Å². The summed E-state index contributed by atoms with van der Waals surface area (Å²) in [6.45, 7) is -0.0986. The lowest BCUT2D eigenvalue weighted by Crippen LogP contribution is -2.03. The maximum Gasteiger partial charge on any atom is 0.356 e. The number of halogens is 1. The molecule has 94 valence electrons. The summed E-state index contributed by atoms with van der Waals surface area (Å²) in [6.07, 6.45) is 1.92. The van der Waals surface area contributed by atoms with Crippen molar-refractivity contribution in [3.05, 3.63) is 45.3 Å². The first-order chi connectivity index (χ1) is 8.61. The van der Waals surface area contributed by atoms with Crippen molar-refractivity contribution >= 4 is 28.6 Å². The molecule has 0 aliphatic rings. The number of aliphatic hydroxyl groups excluding tert-OH is 1. The van der Waals surface area contributed by atoms with Crippen molar-refractivity contribution in [1.82, 2.24) is 9.78 Å². The van der Waals surface area contributed by atoms with Crippen LogP contribution in [0.3, 0.4) is 0 Å². The van der Waals surface area contributed by atoms with E-state index in [1.54, 1.807) is 6.20 Å². The van der Waals surface area contributed by atoms with E-state index < -0.39 is 5.97 Å². The number of hydrogen-bond acceptors (Lipinski definition) is 3. The molecule has 1 aromatic heterocycles. The molecule has 0 aliphatic carbocycles. The van der Waals surface area contributed by atoms with Gasteiger partial charge >= 0.3 is 5.97 Å². The molecule has 0 atom stereocenters. The molecule has 0 unspecified atom stereocenters. The molecule has 2 rings (SSSR count). The second kappa shape index (κ2) is 5.49. The molecule has 2 N–H and O–H groups in total. The molecule has 0 spiro atoms. The number of aromatic nitrogens is 2. The van der Waals surface area contributed by atoms with E-state index in [0.717, 1.165) is 9.26 Å². The van der Waals surface area contributed by atoms with E-state index in [1.807, 2.05) is 24.3 Å². The van der Waals surface area contributed by atoms with E-state index in [4.69, 9.17) is 10.2 Å². The standard InChI is InChI=1S/C12H11IN2O3/c13-9-1-3-10(4-2-9)15-7-8(5-6-16)11(14-15)12(17)18/h1-4,7,16H,5-6H2,(H,17,18). The van der Waals surface area contributed by atoms with Gasteiger partial charge in [0.1, 0.15) is 0 Å². The fourth-order valence-electron chi connectivity index (χ4n) is 1.62. The zero-order chi connectivity index (χ0) is 13.1. The Labute approximate surface area is 117 Å². The number of benzene rings is 1. The number of rotatable bonds is 4. The van der Waals surface area contributed by atoms with E-state index in [0.29, 0.717) is 5.56 Å². The van der Waals surface area contributed by atoms with Gasteiger partial charge in [0.15, 0.2) is 5.69 Å². The second-order valence-electron chi connectivity index (χ2n) is 3.70. The SMILES string of the molecule is O=C(O)c1nn(-c2ccc(I)cc2)cc1CCO. The minimum atomic E-state index is -1.08. The maximum atomic E-state index is 11.0. The van der Waals surface area contributed by atoms with Gasteiger partial charge in [0.2, 0.25) is 0 Å². The van der Waals surface area contributed by atoms with Crippen LogP contribution in [0.5, 0.6) is 0 Å². The molecule has 6 heteroatoms. The maximum absolute atomic E-state index is 11.0. The number of aromatic carboxylic acids is 1. The Morgan fingerprint density at radius 3 is 2.56 bits per heavy atom. The average Bonchev–Trinajstić information content (AvgIpc) is 2.75. The third-order valence-corrected chi connectivity index (χ3v) is 3.18. The van der Waals surface area contributed by atoms with Crippen molar-refractivity contribution in [3.63, 3.8) is 0 Å². The van der Waals surface area contributed by atoms with Crippen LogP contribution in [0.4, 0.5) is 0 Å². The number of carbonyl (C=O) groups is 1. The van der Waals surface area contributed by atoms with Crippen molar-refractivity contribution in [2.24, 2.45) is 0 Å². The normalized spacial score (nSPS) is 10.6. The Hall–Kier alpha value is -1.41. The molecule has 5 nitrogen and oxygen atoms in total. The van der Waals surface area contributed by atoms with Crippen LogP contribution >= 0.6 is 22.6 Å². The van der Waals surface area contributed by atoms with Gasteiger partial charge in [-0.3, -0.25) is 0 Å². The van der Waals surface area contributed by atoms with Gasteiger partial charge in [0.25, 0.3) is 0 Å². The first kappa shape index (κ1) is 13.0. The van der Waals surface area contributed by atoms with Gasteiger partial charge in [-0.2, -0.15) is 5.10 Å². The highest BCUT2D eigenvalue weighted by Crippen LogP contribution is 2.15. The van der Waals surface area contributed by atoms with E-state index in [9.17, 15) is 4.79 Å². The lowest BCUT2D eigenvalue weighted by molar-refractivity contribution is 0.0688. The van der Waals surface area contributed by atoms with Gasteiger partial charge in [0, 0.05) is 21.9 Å². The monoisotopic (exact) mass is 358 g/mol. The molecule has 0 radical (unpaired) electrons. The Bertz CT molecular complexity index is 563. The number of nitrogens with zero attached hydrogens (tertiary/aromatic N) is 2. The van der Waals surface area contributed by atoms with Crippen molar-refractivity contribution in [2.75, 3.05) is 6.61 Å². The summed E-state index contributed by atoms with van der Waals surface area (Å²) in [4.78, 5) is 11.0. The molecular formula is C12H11IN2O3. The van der Waals surface area contributed by atoms with Gasteiger partial charge in [0.05, 0.1) is 5.69 Å². The average molecular weight is 358 g/mol. The van der Waals surface area contributed by atoms with E-state index in [-0.39, 0.29) is 18.7 Å². The quantitative estimate of drug-likeness (QED) is 0.816. The van der Waals surface area contributed by atoms with Gasteiger partial charge in [-0.15, -0.1) is 0 Å². The lowest BCUT2D eigenvalue weighted by Gasteiger charge is -2.00. The van der Waals surface area contributed by atoms with Crippen LogP contribution in [0.2, 0.25) is 0 Å². The third kappa shape index (κ3) is 2.70. The Balaban J connectivity index is 2.42. The van der Waals surface area contributed by atoms with Crippen LogP contribution in [0, 0.1) is 3.57 Å². The lowest BCUT2D eigenvalue weighted by atomic mass is 10.2. The molecular weight excluding hydrogens is 347 g/mol. The van der Waals surface area contributed by atoms with Crippen LogP contribution in [-0.2, 0) is 6.42 Å². The smallest absolute Gasteiger partial charge is 0.356 e. The Kier molecular flexibility index (Phi) is 3.97. The van der Waals surface area contributed by atoms with E-state index in [1.165, 1.54) is 4.68 Å². The number of carboxylic acids is 1. The van der Waals surface area contributed by atoms with Crippen LogP contribution in [0.25, 0.3) is 5.69 Å². The van der Waals surface area contributed by atoms with Crippen molar-refractivity contribution in [1.29, 1.82) is 0 Å². The molecule has 0 saturated carbocycles. The van der Waals surface area contributed by atoms with Crippen molar-refractivity contribution < 1.29 is 15.0 Å². The van der Waals surface area contributed by atoms with Gasteiger partial charge < -0.3 is 10.2 Å². The predicted molar refractivity (Wildman–Crippen MR) is 74.0 cm³/mol. The van der Waals surface area contributed by atoms with Crippen LogP contribution in [0.15, 0.2) is 30.5 Å². The predicted octanol–water partition coefficient (Wildman–Crippen LogP) is 1.71. The summed E-state index contributed by atoms with van der Waals surface area (Å²) in [7, 11) is 0. The van der Waals surface area contributed by atoms with Crippen molar-refractivity contribution in [3.8, 4) is 5.69 Å². The molecule has 0 fully saturated rings. The zero-order valence-corrected chi connectivity index (χ0v) is 11.5. The first-order valence-electron chi connectivity index (χ1n) is 5.30. The molecule has 1 aromatic carbocycles. The fourth-order valence-corrected chi connectivity index (χ4v) is 1.98. The minimum absolute atomic E-state index is 0.0115. The van der Waals surface area contributed by atoms with Crippen LogP contribution in [0.1, 0.15) is 16.1 Å². The fraction of sp³-hybridized carbons (Fsp3) is 0.167. The summed E-state index contributed by atoms with van der Waals surface area (Å²) in [5.41, 5.74) is 1.31. The Morgan fingerprint density at radius 1 is 1.33 bits per heavy atom. The number of aliphatic hydroxyl groups is 1. The van der Waals surface area contributed by atoms with Crippen molar-refractivity contribution in [2.45, 2.75) is 6.42 Å². The highest BCUT2D eigenvalue weighted by molar-refractivity contribution is 14.1. The number of hydrogen-bond donors (Lipinski definition) is 2. The zero-order valence-electron chi connectivity index (χ0n) is 9.38. The van der Waals surface area contributed by atoms with Gasteiger partial charge in [-0.25, -0.2) is 9.48 Å². The molecule has 0 bridgehead atoms. The topological polar surface area (TPSA) is 75.3 Å². The molecule has 0 aliphatic heterocycles.